The molecule has 86 valence electrons. The molecule has 0 aliphatic rings. The summed E-state index contributed by atoms with van der Waals surface area (Å²) in [5.41, 5.74) is 0. The summed E-state index contributed by atoms with van der Waals surface area (Å²) < 4.78 is 40.4. The van der Waals surface area contributed by atoms with Gasteiger partial charge in [0, 0.05) is 13.5 Å². The van der Waals surface area contributed by atoms with Gasteiger partial charge in [0.1, 0.15) is 0 Å². The zero-order valence-corrected chi connectivity index (χ0v) is 8.64. The van der Waals surface area contributed by atoms with Crippen molar-refractivity contribution >= 4 is 0 Å². The van der Waals surface area contributed by atoms with Crippen LogP contribution in [0.15, 0.2) is 0 Å². The third kappa shape index (κ3) is 5.44. The molecule has 0 aromatic heterocycles. The molecule has 0 bridgehead atoms. The maximum atomic E-state index is 11.8. The first kappa shape index (κ1) is 13.7. The van der Waals surface area contributed by atoms with Crippen LogP contribution in [0.4, 0.5) is 13.2 Å². The number of aliphatic hydroxyl groups is 1. The highest BCUT2D eigenvalue weighted by Gasteiger charge is 2.31. The predicted octanol–water partition coefficient (Wildman–Crippen LogP) is 2.36. The molecule has 0 rings (SSSR count). The molecule has 2 nitrogen and oxygen atoms in total. The van der Waals surface area contributed by atoms with Crippen LogP contribution in [0.3, 0.4) is 0 Å². The Bertz CT molecular complexity index is 157. The number of halogens is 3. The number of ether oxygens (including phenoxy) is 1. The van der Waals surface area contributed by atoms with Gasteiger partial charge in [-0.2, -0.15) is 13.2 Å². The van der Waals surface area contributed by atoms with Crippen molar-refractivity contribution in [2.24, 2.45) is 5.92 Å². The van der Waals surface area contributed by atoms with Crippen LogP contribution in [0.25, 0.3) is 0 Å². The van der Waals surface area contributed by atoms with Crippen LogP contribution in [-0.2, 0) is 4.74 Å². The van der Waals surface area contributed by atoms with E-state index in [1.165, 1.54) is 7.11 Å². The molecule has 5 heteroatoms. The van der Waals surface area contributed by atoms with Crippen molar-refractivity contribution in [3.63, 3.8) is 0 Å². The number of hydrogen-bond donors (Lipinski definition) is 1. The molecule has 2 unspecified atom stereocenters. The van der Waals surface area contributed by atoms with Crippen LogP contribution in [0.1, 0.15) is 26.7 Å². The van der Waals surface area contributed by atoms with Gasteiger partial charge in [0.05, 0.1) is 12.2 Å². The monoisotopic (exact) mass is 214 g/mol. The first-order valence-electron chi connectivity index (χ1n) is 4.55. The van der Waals surface area contributed by atoms with Crippen molar-refractivity contribution < 1.29 is 23.0 Å². The van der Waals surface area contributed by atoms with Crippen LogP contribution < -0.4 is 0 Å². The Morgan fingerprint density at radius 2 is 1.79 bits per heavy atom. The Morgan fingerprint density at radius 1 is 1.29 bits per heavy atom. The van der Waals surface area contributed by atoms with Gasteiger partial charge in [-0.15, -0.1) is 0 Å². The molecule has 0 spiro atoms. The lowest BCUT2D eigenvalue weighted by molar-refractivity contribution is -0.146. The summed E-state index contributed by atoms with van der Waals surface area (Å²) >= 11 is 0. The summed E-state index contributed by atoms with van der Waals surface area (Å²) in [6, 6.07) is 0. The second-order valence-corrected chi connectivity index (χ2v) is 3.67. The Kier molecular flexibility index (Phi) is 5.44. The molecule has 0 saturated carbocycles. The Balaban J connectivity index is 3.99. The van der Waals surface area contributed by atoms with Gasteiger partial charge in [-0.05, 0) is 12.3 Å². The van der Waals surface area contributed by atoms with Gasteiger partial charge in [-0.1, -0.05) is 13.8 Å². The molecular weight excluding hydrogens is 197 g/mol. The Morgan fingerprint density at radius 3 is 2.07 bits per heavy atom. The Labute approximate surface area is 82.1 Å². The third-order valence-electron chi connectivity index (χ3n) is 2.03. The highest BCUT2D eigenvalue weighted by atomic mass is 19.4. The normalized spacial score (nSPS) is 17.1. The summed E-state index contributed by atoms with van der Waals surface area (Å²) in [5, 5.41) is 9.42. The van der Waals surface area contributed by atoms with Gasteiger partial charge in [0.2, 0.25) is 0 Å². The van der Waals surface area contributed by atoms with Crippen molar-refractivity contribution in [2.75, 3.05) is 7.11 Å². The van der Waals surface area contributed by atoms with Gasteiger partial charge >= 0.3 is 6.18 Å². The maximum Gasteiger partial charge on any atom is 0.389 e. The minimum atomic E-state index is -4.21. The minimum absolute atomic E-state index is 0.00299. The smallest absolute Gasteiger partial charge is 0.389 e. The van der Waals surface area contributed by atoms with E-state index in [0.29, 0.717) is 0 Å². The molecule has 0 aromatic rings. The SMILES string of the molecule is COC(C(C)C)C(O)CCC(F)(F)F. The van der Waals surface area contributed by atoms with Crippen molar-refractivity contribution in [1.82, 2.24) is 0 Å². The van der Waals surface area contributed by atoms with Crippen LogP contribution in [-0.4, -0.2) is 30.6 Å². The molecule has 0 saturated heterocycles. The number of aliphatic hydroxyl groups excluding tert-OH is 1. The van der Waals surface area contributed by atoms with E-state index in [0.717, 1.165) is 0 Å². The van der Waals surface area contributed by atoms with Gasteiger partial charge in [0.25, 0.3) is 0 Å². The predicted molar refractivity (Wildman–Crippen MR) is 46.9 cm³/mol. The number of alkyl halides is 3. The van der Waals surface area contributed by atoms with Crippen LogP contribution >= 0.6 is 0 Å². The maximum absolute atomic E-state index is 11.8. The second kappa shape index (κ2) is 5.56. The summed E-state index contributed by atoms with van der Waals surface area (Å²) in [6.45, 7) is 3.59. The summed E-state index contributed by atoms with van der Waals surface area (Å²) in [5.74, 6) is 0.00299. The zero-order valence-electron chi connectivity index (χ0n) is 8.64. The van der Waals surface area contributed by atoms with E-state index in [4.69, 9.17) is 4.74 Å². The van der Waals surface area contributed by atoms with Crippen LogP contribution in [0, 0.1) is 5.92 Å². The molecule has 14 heavy (non-hydrogen) atoms. The van der Waals surface area contributed by atoms with E-state index >= 15 is 0 Å². The fraction of sp³-hybridized carbons (Fsp3) is 1.00. The minimum Gasteiger partial charge on any atom is -0.390 e. The molecular formula is C9H17F3O2. The van der Waals surface area contributed by atoms with Crippen molar-refractivity contribution in [3.8, 4) is 0 Å². The summed E-state index contributed by atoms with van der Waals surface area (Å²) in [6.07, 6.45) is -7.07. The highest BCUT2D eigenvalue weighted by molar-refractivity contribution is 4.73. The fourth-order valence-electron chi connectivity index (χ4n) is 1.35. The van der Waals surface area contributed by atoms with Gasteiger partial charge in [0.15, 0.2) is 0 Å². The standard InChI is InChI=1S/C9H17F3O2/c1-6(2)8(14-3)7(13)4-5-9(10,11)12/h6-8,13H,4-5H2,1-3H3. The number of hydrogen-bond acceptors (Lipinski definition) is 2. The average Bonchev–Trinajstić information content (AvgIpc) is 2.00. The highest BCUT2D eigenvalue weighted by Crippen LogP contribution is 2.24. The summed E-state index contributed by atoms with van der Waals surface area (Å²) in [7, 11) is 1.39. The third-order valence-corrected chi connectivity index (χ3v) is 2.03. The summed E-state index contributed by atoms with van der Waals surface area (Å²) in [4.78, 5) is 0. The van der Waals surface area contributed by atoms with Crippen LogP contribution in [0.2, 0.25) is 0 Å². The topological polar surface area (TPSA) is 29.5 Å². The lowest BCUT2D eigenvalue weighted by Gasteiger charge is -2.25. The fourth-order valence-corrected chi connectivity index (χ4v) is 1.35. The quantitative estimate of drug-likeness (QED) is 0.761. The first-order valence-corrected chi connectivity index (χ1v) is 4.55. The van der Waals surface area contributed by atoms with Gasteiger partial charge < -0.3 is 9.84 Å². The van der Waals surface area contributed by atoms with E-state index in [-0.39, 0.29) is 12.3 Å². The van der Waals surface area contributed by atoms with Crippen molar-refractivity contribution in [2.45, 2.75) is 45.1 Å². The van der Waals surface area contributed by atoms with Gasteiger partial charge in [-0.25, -0.2) is 0 Å². The molecule has 0 amide bonds. The molecule has 2 atom stereocenters. The lowest BCUT2D eigenvalue weighted by Crippen LogP contribution is -2.33. The molecule has 1 N–H and O–H groups in total. The largest absolute Gasteiger partial charge is 0.390 e. The van der Waals surface area contributed by atoms with E-state index in [1.54, 1.807) is 13.8 Å². The van der Waals surface area contributed by atoms with Crippen LogP contribution in [0.5, 0.6) is 0 Å². The van der Waals surface area contributed by atoms with Gasteiger partial charge in [-0.3, -0.25) is 0 Å². The van der Waals surface area contributed by atoms with Crippen molar-refractivity contribution in [3.05, 3.63) is 0 Å². The molecule has 0 aliphatic carbocycles. The average molecular weight is 214 g/mol. The molecule has 0 fully saturated rings. The number of methoxy groups -OCH3 is 1. The van der Waals surface area contributed by atoms with E-state index in [2.05, 4.69) is 0 Å². The molecule has 0 aliphatic heterocycles. The lowest BCUT2D eigenvalue weighted by atomic mass is 9.98. The Hall–Kier alpha value is -0.290. The van der Waals surface area contributed by atoms with E-state index in [1.807, 2.05) is 0 Å². The number of rotatable bonds is 5. The molecule has 0 radical (unpaired) electrons. The second-order valence-electron chi connectivity index (χ2n) is 3.67. The molecule has 0 aromatic carbocycles. The molecule has 0 heterocycles. The van der Waals surface area contributed by atoms with E-state index in [9.17, 15) is 18.3 Å². The van der Waals surface area contributed by atoms with E-state index < -0.39 is 24.8 Å². The van der Waals surface area contributed by atoms with Crippen molar-refractivity contribution in [1.29, 1.82) is 0 Å². The first-order chi connectivity index (χ1) is 6.28. The zero-order chi connectivity index (χ0) is 11.4.